The highest BCUT2D eigenvalue weighted by Crippen LogP contribution is 2.19. The van der Waals surface area contributed by atoms with Crippen molar-refractivity contribution in [3.8, 4) is 0 Å². The molecule has 1 aliphatic heterocycles. The lowest BCUT2D eigenvalue weighted by Gasteiger charge is -2.17. The van der Waals surface area contributed by atoms with Crippen LogP contribution in [0.2, 0.25) is 0 Å². The maximum absolute atomic E-state index is 11.5. The molecule has 0 atom stereocenters. The summed E-state index contributed by atoms with van der Waals surface area (Å²) in [5.41, 5.74) is 4.66. The van der Waals surface area contributed by atoms with E-state index >= 15 is 0 Å². The second-order valence-electron chi connectivity index (χ2n) is 4.59. The Kier molecular flexibility index (Phi) is 2.88. The number of hydrogen-bond donors (Lipinski definition) is 1. The highest BCUT2D eigenvalue weighted by Gasteiger charge is 2.27. The molecule has 1 aromatic carbocycles. The van der Waals surface area contributed by atoms with Gasteiger partial charge in [0.25, 0.3) is 0 Å². The number of carbonyl (C=O) groups is 2. The van der Waals surface area contributed by atoms with Gasteiger partial charge in [0.1, 0.15) is 6.54 Å². The van der Waals surface area contributed by atoms with Crippen molar-refractivity contribution in [2.45, 2.75) is 27.3 Å². The number of nitrogens with zero attached hydrogens (tertiary/aromatic N) is 1. The first-order valence-electron chi connectivity index (χ1n) is 5.63. The summed E-state index contributed by atoms with van der Waals surface area (Å²) in [4.78, 5) is 24.1. The first kappa shape index (κ1) is 11.6. The number of nitrogens with one attached hydrogen (secondary N) is 1. The van der Waals surface area contributed by atoms with E-state index in [0.717, 1.165) is 16.7 Å². The van der Waals surface area contributed by atoms with E-state index < -0.39 is 0 Å². The van der Waals surface area contributed by atoms with E-state index in [1.165, 1.54) is 10.5 Å². The Morgan fingerprint density at radius 1 is 1.18 bits per heavy atom. The number of imide groups is 1. The molecule has 0 aliphatic carbocycles. The van der Waals surface area contributed by atoms with Crippen LogP contribution in [0.4, 0.5) is 4.79 Å². The summed E-state index contributed by atoms with van der Waals surface area (Å²) in [6.07, 6.45) is 0. The number of aryl methyl sites for hydroxylation is 3. The quantitative estimate of drug-likeness (QED) is 0.788. The van der Waals surface area contributed by atoms with Crippen LogP contribution < -0.4 is 5.32 Å². The Hall–Kier alpha value is -1.84. The Balaban J connectivity index is 2.25. The molecule has 0 radical (unpaired) electrons. The molecule has 0 bridgehead atoms. The van der Waals surface area contributed by atoms with Gasteiger partial charge in [-0.1, -0.05) is 17.7 Å². The molecular weight excluding hydrogens is 216 g/mol. The molecule has 3 amide bonds. The number of hydrogen-bond acceptors (Lipinski definition) is 2. The van der Waals surface area contributed by atoms with Crippen molar-refractivity contribution >= 4 is 11.9 Å². The van der Waals surface area contributed by atoms with Gasteiger partial charge in [-0.25, -0.2) is 4.79 Å². The average molecular weight is 232 g/mol. The zero-order chi connectivity index (χ0) is 12.6. The Labute approximate surface area is 101 Å². The van der Waals surface area contributed by atoms with Gasteiger partial charge >= 0.3 is 6.03 Å². The topological polar surface area (TPSA) is 49.4 Å². The molecule has 2 rings (SSSR count). The summed E-state index contributed by atoms with van der Waals surface area (Å²) in [6, 6.07) is 3.89. The van der Waals surface area contributed by atoms with E-state index in [-0.39, 0.29) is 18.5 Å². The van der Waals surface area contributed by atoms with Gasteiger partial charge in [0.05, 0.1) is 0 Å². The molecule has 17 heavy (non-hydrogen) atoms. The summed E-state index contributed by atoms with van der Waals surface area (Å²) < 4.78 is 0. The molecule has 1 heterocycles. The van der Waals surface area contributed by atoms with Gasteiger partial charge in [0.15, 0.2) is 0 Å². The fourth-order valence-corrected chi connectivity index (χ4v) is 2.26. The minimum absolute atomic E-state index is 0.158. The highest BCUT2D eigenvalue weighted by atomic mass is 16.2. The molecule has 1 fully saturated rings. The van der Waals surface area contributed by atoms with Crippen LogP contribution in [0.1, 0.15) is 22.3 Å². The first-order valence-corrected chi connectivity index (χ1v) is 5.63. The van der Waals surface area contributed by atoms with Gasteiger partial charge < -0.3 is 4.90 Å². The Bertz CT molecular complexity index is 471. The lowest BCUT2D eigenvalue weighted by Crippen LogP contribution is -2.28. The predicted molar refractivity (Wildman–Crippen MR) is 64.6 cm³/mol. The van der Waals surface area contributed by atoms with Crippen LogP contribution in [0.25, 0.3) is 0 Å². The van der Waals surface area contributed by atoms with E-state index in [2.05, 4.69) is 24.4 Å². The van der Waals surface area contributed by atoms with Crippen molar-refractivity contribution in [1.82, 2.24) is 10.2 Å². The molecular formula is C13H16N2O2. The Morgan fingerprint density at radius 2 is 1.76 bits per heavy atom. The fourth-order valence-electron chi connectivity index (χ4n) is 2.26. The van der Waals surface area contributed by atoms with Crippen molar-refractivity contribution in [2.75, 3.05) is 6.54 Å². The summed E-state index contributed by atoms with van der Waals surface area (Å²) >= 11 is 0. The second-order valence-corrected chi connectivity index (χ2v) is 4.59. The molecule has 0 unspecified atom stereocenters. The molecule has 4 nitrogen and oxygen atoms in total. The third-order valence-corrected chi connectivity index (χ3v) is 3.06. The number of benzene rings is 1. The standard InChI is InChI=1S/C13H16N2O2/c1-8-4-9(2)11(10(3)5-8)6-15-7-12(16)14-13(15)17/h4-5H,6-7H2,1-3H3,(H,14,16,17). The third kappa shape index (κ3) is 2.30. The second kappa shape index (κ2) is 4.20. The fraction of sp³-hybridized carbons (Fsp3) is 0.385. The van der Waals surface area contributed by atoms with Gasteiger partial charge in [-0.3, -0.25) is 10.1 Å². The molecule has 4 heteroatoms. The van der Waals surface area contributed by atoms with Crippen molar-refractivity contribution in [2.24, 2.45) is 0 Å². The third-order valence-electron chi connectivity index (χ3n) is 3.06. The van der Waals surface area contributed by atoms with Crippen LogP contribution in [0.5, 0.6) is 0 Å². The molecule has 1 saturated heterocycles. The van der Waals surface area contributed by atoms with Crippen LogP contribution in [0, 0.1) is 20.8 Å². The van der Waals surface area contributed by atoms with Crippen molar-refractivity contribution in [1.29, 1.82) is 0 Å². The van der Waals surface area contributed by atoms with Crippen LogP contribution >= 0.6 is 0 Å². The molecule has 0 aromatic heterocycles. The van der Waals surface area contributed by atoms with Gasteiger partial charge in [0, 0.05) is 6.54 Å². The Morgan fingerprint density at radius 3 is 2.24 bits per heavy atom. The van der Waals surface area contributed by atoms with Gasteiger partial charge in [0.2, 0.25) is 5.91 Å². The summed E-state index contributed by atoms with van der Waals surface area (Å²) in [5.74, 6) is -0.225. The van der Waals surface area contributed by atoms with E-state index in [1.807, 2.05) is 13.8 Å². The first-order chi connectivity index (χ1) is 7.97. The summed E-state index contributed by atoms with van der Waals surface area (Å²) in [7, 11) is 0. The minimum atomic E-state index is -0.297. The predicted octanol–water partition coefficient (Wildman–Crippen LogP) is 1.66. The van der Waals surface area contributed by atoms with Gasteiger partial charge in [-0.05, 0) is 37.5 Å². The van der Waals surface area contributed by atoms with E-state index in [1.54, 1.807) is 0 Å². The number of urea groups is 1. The summed E-state index contributed by atoms with van der Waals surface area (Å²) in [5, 5.41) is 2.29. The maximum atomic E-state index is 11.5. The van der Waals surface area contributed by atoms with Crippen molar-refractivity contribution in [3.05, 3.63) is 34.4 Å². The maximum Gasteiger partial charge on any atom is 0.324 e. The van der Waals surface area contributed by atoms with Crippen LogP contribution in [-0.2, 0) is 11.3 Å². The van der Waals surface area contributed by atoms with Crippen molar-refractivity contribution < 1.29 is 9.59 Å². The van der Waals surface area contributed by atoms with Gasteiger partial charge in [-0.15, -0.1) is 0 Å². The van der Waals surface area contributed by atoms with Crippen LogP contribution in [-0.4, -0.2) is 23.4 Å². The summed E-state index contributed by atoms with van der Waals surface area (Å²) in [6.45, 7) is 6.77. The highest BCUT2D eigenvalue weighted by molar-refractivity contribution is 6.01. The zero-order valence-corrected chi connectivity index (χ0v) is 10.3. The smallest absolute Gasteiger partial charge is 0.311 e. The largest absolute Gasteiger partial charge is 0.324 e. The monoisotopic (exact) mass is 232 g/mol. The SMILES string of the molecule is Cc1cc(C)c(CN2CC(=O)NC2=O)c(C)c1. The van der Waals surface area contributed by atoms with E-state index in [4.69, 9.17) is 0 Å². The zero-order valence-electron chi connectivity index (χ0n) is 10.3. The molecule has 0 spiro atoms. The molecule has 1 N–H and O–H groups in total. The van der Waals surface area contributed by atoms with Crippen LogP contribution in [0.15, 0.2) is 12.1 Å². The van der Waals surface area contributed by atoms with Crippen molar-refractivity contribution in [3.63, 3.8) is 0 Å². The van der Waals surface area contributed by atoms with E-state index in [0.29, 0.717) is 6.54 Å². The number of amides is 3. The lowest BCUT2D eigenvalue weighted by molar-refractivity contribution is -0.118. The lowest BCUT2D eigenvalue weighted by atomic mass is 9.99. The molecule has 1 aliphatic rings. The molecule has 0 saturated carbocycles. The van der Waals surface area contributed by atoms with E-state index in [9.17, 15) is 9.59 Å². The van der Waals surface area contributed by atoms with Gasteiger partial charge in [-0.2, -0.15) is 0 Å². The minimum Gasteiger partial charge on any atom is -0.311 e. The van der Waals surface area contributed by atoms with Crippen LogP contribution in [0.3, 0.4) is 0 Å². The molecule has 90 valence electrons. The average Bonchev–Trinajstić information content (AvgIpc) is 2.51. The normalized spacial score (nSPS) is 15.4. The number of carbonyl (C=O) groups excluding carboxylic acids is 2. The molecule has 1 aromatic rings. The number of rotatable bonds is 2.